The summed E-state index contributed by atoms with van der Waals surface area (Å²) in [5.41, 5.74) is 0.162. The summed E-state index contributed by atoms with van der Waals surface area (Å²) in [6, 6.07) is 0. The molecule has 3 aliphatic heterocycles. The second-order valence-electron chi connectivity index (χ2n) is 13.6. The molecular formula is C35H56O15. The molecule has 0 amide bonds. The summed E-state index contributed by atoms with van der Waals surface area (Å²) in [6.07, 6.45) is -4.78. The van der Waals surface area contributed by atoms with Crippen molar-refractivity contribution in [2.24, 2.45) is 35.5 Å². The number of rotatable bonds is 17. The molecule has 5 N–H and O–H groups in total. The van der Waals surface area contributed by atoms with Crippen molar-refractivity contribution in [3.63, 3.8) is 0 Å². The lowest BCUT2D eigenvalue weighted by Gasteiger charge is -2.43. The summed E-state index contributed by atoms with van der Waals surface area (Å²) in [7, 11) is 1.25. The van der Waals surface area contributed by atoms with Crippen molar-refractivity contribution in [3.8, 4) is 0 Å². The van der Waals surface area contributed by atoms with Crippen molar-refractivity contribution < 1.29 is 73.0 Å². The molecule has 4 rings (SSSR count). The molecule has 3 heterocycles. The molecular weight excluding hydrogens is 660 g/mol. The summed E-state index contributed by atoms with van der Waals surface area (Å²) < 4.78 is 46.3. The molecule has 3 fully saturated rings. The SMILES string of the molecule is C=C[C@H]1[C@H](O[C@@H]2O[C@H](CO)[C@@H](O)[C@H](O)[C@H]2O)OC=C(C(=O)O[C@H]2C[C@@H]3C(C(=O)OC)[C@H](O)OC[C@@H]3[C@H]2C)[C@H]1CC(OCCCC)OCCCC. The molecule has 286 valence electrons. The highest BCUT2D eigenvalue weighted by Gasteiger charge is 2.54. The summed E-state index contributed by atoms with van der Waals surface area (Å²) in [5, 5.41) is 51.3. The quantitative estimate of drug-likeness (QED) is 0.0619. The number of carbonyl (C=O) groups excluding carboxylic acids is 2. The second-order valence-corrected chi connectivity index (χ2v) is 13.6. The number of hydrogen-bond donors (Lipinski definition) is 5. The fourth-order valence-corrected chi connectivity index (χ4v) is 7.34. The number of methoxy groups -OCH3 is 1. The number of carbonyl (C=O) groups is 2. The van der Waals surface area contributed by atoms with Gasteiger partial charge in [-0.05, 0) is 37.0 Å². The van der Waals surface area contributed by atoms with E-state index in [-0.39, 0.29) is 36.4 Å². The van der Waals surface area contributed by atoms with Gasteiger partial charge in [0.1, 0.15) is 36.4 Å². The first-order chi connectivity index (χ1) is 24.0. The summed E-state index contributed by atoms with van der Waals surface area (Å²) in [4.78, 5) is 26.6. The Morgan fingerprint density at radius 2 is 1.70 bits per heavy atom. The first kappa shape index (κ1) is 40.6. The standard InChI is InChI=1S/C35H56O15/c1-6-9-11-44-26(45-12-10-7-2)14-20-19(8-3)34(50-35-30(39)29(38)28(37)25(15-36)49-35)47-17-23(20)31(40)48-24-13-21-22(18(24)4)16-46-33(42)27(21)32(41)43-5/h8,17-22,24-30,33-39,42H,3,6-7,9-16H2,1-2,4-5H3/t18-,19-,20+,21+,22-,24+,25-,27?,28-,29+,30-,33-,34+,35+/m1/s1. The van der Waals surface area contributed by atoms with E-state index in [0.29, 0.717) is 19.6 Å². The van der Waals surface area contributed by atoms with Gasteiger partial charge < -0.3 is 63.4 Å². The Kier molecular flexibility index (Phi) is 15.5. The average Bonchev–Trinajstić information content (AvgIpc) is 3.41. The molecule has 1 unspecified atom stereocenters. The number of fused-ring (bicyclic) bond motifs is 1. The lowest BCUT2D eigenvalue weighted by Crippen LogP contribution is -2.60. The Hall–Kier alpha value is -2.18. The minimum absolute atomic E-state index is 0.159. The van der Waals surface area contributed by atoms with Crippen LogP contribution in [-0.4, -0.2) is 127 Å². The molecule has 0 aromatic carbocycles. The number of unbranched alkanes of at least 4 members (excludes halogenated alkanes) is 2. The lowest BCUT2D eigenvalue weighted by molar-refractivity contribution is -0.339. The molecule has 0 bridgehead atoms. The van der Waals surface area contributed by atoms with E-state index in [1.165, 1.54) is 13.4 Å². The molecule has 0 spiro atoms. The number of ether oxygens (including phenoxy) is 8. The molecule has 1 aliphatic carbocycles. The largest absolute Gasteiger partial charge is 0.471 e. The molecule has 4 aliphatic rings. The van der Waals surface area contributed by atoms with E-state index in [4.69, 9.17) is 37.9 Å². The van der Waals surface area contributed by atoms with Gasteiger partial charge >= 0.3 is 11.9 Å². The molecule has 15 heteroatoms. The van der Waals surface area contributed by atoms with E-state index in [1.54, 1.807) is 6.08 Å². The molecule has 14 atom stereocenters. The Morgan fingerprint density at radius 1 is 1.02 bits per heavy atom. The molecule has 0 radical (unpaired) electrons. The van der Waals surface area contributed by atoms with Gasteiger partial charge in [-0.25, -0.2) is 4.79 Å². The molecule has 50 heavy (non-hydrogen) atoms. The fraction of sp³-hybridized carbons (Fsp3) is 0.829. The van der Waals surface area contributed by atoms with E-state index in [1.807, 2.05) is 20.8 Å². The van der Waals surface area contributed by atoms with Crippen LogP contribution in [0.1, 0.15) is 59.3 Å². The topological polar surface area (TPSA) is 209 Å². The van der Waals surface area contributed by atoms with Crippen molar-refractivity contribution in [2.45, 2.75) is 115 Å². The van der Waals surface area contributed by atoms with Gasteiger partial charge in [-0.1, -0.05) is 39.7 Å². The first-order valence-electron chi connectivity index (χ1n) is 17.8. The van der Waals surface area contributed by atoms with Crippen LogP contribution in [0.15, 0.2) is 24.5 Å². The highest BCUT2D eigenvalue weighted by atomic mass is 16.8. The van der Waals surface area contributed by atoms with Gasteiger partial charge in [0.25, 0.3) is 0 Å². The smallest absolute Gasteiger partial charge is 0.337 e. The van der Waals surface area contributed by atoms with Gasteiger partial charge in [0.2, 0.25) is 6.29 Å². The van der Waals surface area contributed by atoms with Crippen molar-refractivity contribution in [3.05, 3.63) is 24.5 Å². The summed E-state index contributed by atoms with van der Waals surface area (Å²) in [6.45, 7) is 10.4. The first-order valence-corrected chi connectivity index (χ1v) is 17.8. The van der Waals surface area contributed by atoms with Crippen LogP contribution in [0, 0.1) is 35.5 Å². The fourth-order valence-electron chi connectivity index (χ4n) is 7.34. The summed E-state index contributed by atoms with van der Waals surface area (Å²) >= 11 is 0. The van der Waals surface area contributed by atoms with Crippen LogP contribution in [0.25, 0.3) is 0 Å². The number of esters is 2. The van der Waals surface area contributed by atoms with Crippen LogP contribution < -0.4 is 0 Å². The highest BCUT2D eigenvalue weighted by molar-refractivity contribution is 5.89. The van der Waals surface area contributed by atoms with Crippen molar-refractivity contribution in [1.29, 1.82) is 0 Å². The minimum atomic E-state index is -1.68. The Labute approximate surface area is 293 Å². The summed E-state index contributed by atoms with van der Waals surface area (Å²) in [5.74, 6) is -4.30. The second kappa shape index (κ2) is 19.1. The third-order valence-corrected chi connectivity index (χ3v) is 10.5. The zero-order valence-corrected chi connectivity index (χ0v) is 29.4. The van der Waals surface area contributed by atoms with Crippen LogP contribution in [0.3, 0.4) is 0 Å². The maximum absolute atomic E-state index is 14.1. The predicted molar refractivity (Wildman–Crippen MR) is 173 cm³/mol. The van der Waals surface area contributed by atoms with Crippen LogP contribution in [-0.2, 0) is 47.5 Å². The Morgan fingerprint density at radius 3 is 2.30 bits per heavy atom. The van der Waals surface area contributed by atoms with Crippen molar-refractivity contribution in [2.75, 3.05) is 33.5 Å². The minimum Gasteiger partial charge on any atom is -0.471 e. The maximum atomic E-state index is 14.1. The lowest BCUT2D eigenvalue weighted by atomic mass is 9.79. The number of aliphatic hydroxyl groups excluding tert-OH is 5. The average molecular weight is 717 g/mol. The maximum Gasteiger partial charge on any atom is 0.337 e. The van der Waals surface area contributed by atoms with Gasteiger partial charge in [0.05, 0.1) is 32.2 Å². The Balaban J connectivity index is 1.59. The number of hydrogen-bond acceptors (Lipinski definition) is 15. The molecule has 2 saturated heterocycles. The van der Waals surface area contributed by atoms with E-state index in [9.17, 15) is 35.1 Å². The molecule has 1 saturated carbocycles. The zero-order valence-electron chi connectivity index (χ0n) is 29.4. The van der Waals surface area contributed by atoms with Crippen LogP contribution in [0.2, 0.25) is 0 Å². The van der Waals surface area contributed by atoms with Gasteiger partial charge in [0, 0.05) is 31.5 Å². The van der Waals surface area contributed by atoms with Gasteiger partial charge in [-0.15, -0.1) is 6.58 Å². The van der Waals surface area contributed by atoms with E-state index in [2.05, 4.69) is 6.58 Å². The third-order valence-electron chi connectivity index (χ3n) is 10.5. The molecule has 0 aromatic rings. The van der Waals surface area contributed by atoms with Crippen molar-refractivity contribution in [1.82, 2.24) is 0 Å². The Bertz CT molecular complexity index is 1120. The van der Waals surface area contributed by atoms with Gasteiger partial charge in [-0.2, -0.15) is 0 Å². The highest BCUT2D eigenvalue weighted by Crippen LogP contribution is 2.48. The van der Waals surface area contributed by atoms with Crippen LogP contribution >= 0.6 is 0 Å². The van der Waals surface area contributed by atoms with Crippen LogP contribution in [0.5, 0.6) is 0 Å². The molecule has 0 aromatic heterocycles. The van der Waals surface area contributed by atoms with Crippen molar-refractivity contribution >= 4 is 11.9 Å². The predicted octanol–water partition coefficient (Wildman–Crippen LogP) is 1.13. The van der Waals surface area contributed by atoms with E-state index in [0.717, 1.165) is 25.7 Å². The van der Waals surface area contributed by atoms with E-state index < -0.39 is 92.0 Å². The zero-order chi connectivity index (χ0) is 36.5. The van der Waals surface area contributed by atoms with Gasteiger partial charge in [-0.3, -0.25) is 4.79 Å². The third kappa shape index (κ3) is 9.24. The van der Waals surface area contributed by atoms with E-state index >= 15 is 0 Å². The normalized spacial score (nSPS) is 38.6. The number of aliphatic hydroxyl groups is 5. The molecule has 15 nitrogen and oxygen atoms in total. The monoisotopic (exact) mass is 716 g/mol. The van der Waals surface area contributed by atoms with Crippen LogP contribution in [0.4, 0.5) is 0 Å². The van der Waals surface area contributed by atoms with Gasteiger partial charge in [0.15, 0.2) is 18.9 Å².